The summed E-state index contributed by atoms with van der Waals surface area (Å²) < 4.78 is 34.8. The predicted molar refractivity (Wildman–Crippen MR) is 105 cm³/mol. The van der Waals surface area contributed by atoms with E-state index < -0.39 is 29.4 Å². The standard InChI is InChI=1S/C20H19ClF2N4O2/c21-14-6-13(7-15(22)9-14)20(29-19(24)28,17-3-1-2-4-25-17)12-5-11-10-26-27-18(11)16(23)8-12/h5-10,17,25H,1-4H2,(H2,24,28)(H,26,27)/t17-,20?/m0/s1. The van der Waals surface area contributed by atoms with Gasteiger partial charge in [0, 0.05) is 21.5 Å². The predicted octanol–water partition coefficient (Wildman–Crippen LogP) is 3.98. The van der Waals surface area contributed by atoms with E-state index in [-0.39, 0.29) is 16.1 Å². The molecule has 6 nitrogen and oxygen atoms in total. The fraction of sp³-hybridized carbons (Fsp3) is 0.300. The lowest BCUT2D eigenvalue weighted by molar-refractivity contribution is 0.00631. The maximum Gasteiger partial charge on any atom is 0.405 e. The van der Waals surface area contributed by atoms with Crippen LogP contribution in [-0.2, 0) is 10.3 Å². The molecule has 29 heavy (non-hydrogen) atoms. The van der Waals surface area contributed by atoms with Gasteiger partial charge in [-0.2, -0.15) is 5.10 Å². The summed E-state index contributed by atoms with van der Waals surface area (Å²) in [7, 11) is 0. The zero-order valence-corrected chi connectivity index (χ0v) is 16.1. The van der Waals surface area contributed by atoms with Gasteiger partial charge in [0.15, 0.2) is 5.60 Å². The SMILES string of the molecule is NC(=O)OC(c1cc(F)cc(Cl)c1)(c1cc(F)c2[nH]ncc2c1)[C@@H]1CCCCN1. The molecule has 2 atom stereocenters. The highest BCUT2D eigenvalue weighted by Gasteiger charge is 2.47. The van der Waals surface area contributed by atoms with Crippen molar-refractivity contribution in [1.82, 2.24) is 15.5 Å². The van der Waals surface area contributed by atoms with Crippen LogP contribution in [0.25, 0.3) is 10.9 Å². The first-order chi connectivity index (χ1) is 13.9. The Bertz CT molecular complexity index is 1050. The first kappa shape index (κ1) is 19.6. The number of primary amides is 1. The normalized spacial score (nSPS) is 19.1. The maximum absolute atomic E-state index is 14.8. The van der Waals surface area contributed by atoms with E-state index >= 15 is 0 Å². The number of carbonyl (C=O) groups excluding carboxylic acids is 1. The largest absolute Gasteiger partial charge is 0.432 e. The maximum atomic E-state index is 14.8. The van der Waals surface area contributed by atoms with Crippen LogP contribution in [-0.4, -0.2) is 28.9 Å². The second-order valence-electron chi connectivity index (χ2n) is 7.11. The van der Waals surface area contributed by atoms with Crippen LogP contribution in [0.2, 0.25) is 5.02 Å². The summed E-state index contributed by atoms with van der Waals surface area (Å²) in [5, 5.41) is 10.4. The van der Waals surface area contributed by atoms with Gasteiger partial charge in [0.05, 0.1) is 12.2 Å². The van der Waals surface area contributed by atoms with Gasteiger partial charge in [0.1, 0.15) is 17.2 Å². The van der Waals surface area contributed by atoms with Crippen molar-refractivity contribution < 1.29 is 18.3 Å². The first-order valence-corrected chi connectivity index (χ1v) is 9.59. The number of ether oxygens (including phenoxy) is 1. The van der Waals surface area contributed by atoms with Gasteiger partial charge >= 0.3 is 6.09 Å². The number of hydrogen-bond donors (Lipinski definition) is 3. The Balaban J connectivity index is 2.03. The number of nitrogens with two attached hydrogens (primary N) is 1. The molecule has 0 saturated carbocycles. The number of amides is 1. The Labute approximate surface area is 170 Å². The minimum Gasteiger partial charge on any atom is -0.432 e. The number of halogens is 3. The topological polar surface area (TPSA) is 93.0 Å². The van der Waals surface area contributed by atoms with E-state index in [2.05, 4.69) is 15.5 Å². The van der Waals surface area contributed by atoms with Crippen molar-refractivity contribution in [1.29, 1.82) is 0 Å². The first-order valence-electron chi connectivity index (χ1n) is 9.21. The van der Waals surface area contributed by atoms with E-state index in [4.69, 9.17) is 22.1 Å². The van der Waals surface area contributed by atoms with Crippen molar-refractivity contribution in [2.45, 2.75) is 30.9 Å². The molecule has 3 aromatic rings. The van der Waals surface area contributed by atoms with Gasteiger partial charge in [0.2, 0.25) is 0 Å². The Hall–Kier alpha value is -2.71. The van der Waals surface area contributed by atoms with Crippen LogP contribution in [0.4, 0.5) is 13.6 Å². The van der Waals surface area contributed by atoms with Gasteiger partial charge in [0.25, 0.3) is 0 Å². The molecule has 152 valence electrons. The number of piperidine rings is 1. The van der Waals surface area contributed by atoms with E-state index in [1.165, 1.54) is 24.4 Å². The number of aromatic nitrogens is 2. The fourth-order valence-electron chi connectivity index (χ4n) is 4.11. The van der Waals surface area contributed by atoms with Crippen molar-refractivity contribution in [2.24, 2.45) is 5.73 Å². The number of carbonyl (C=O) groups is 1. The minimum absolute atomic E-state index is 0.123. The third-order valence-electron chi connectivity index (χ3n) is 5.28. The zero-order chi connectivity index (χ0) is 20.6. The average molecular weight is 421 g/mol. The third-order valence-corrected chi connectivity index (χ3v) is 5.50. The quantitative estimate of drug-likeness (QED) is 0.595. The van der Waals surface area contributed by atoms with E-state index in [0.29, 0.717) is 23.9 Å². The summed E-state index contributed by atoms with van der Waals surface area (Å²) in [6.07, 6.45) is 2.78. The summed E-state index contributed by atoms with van der Waals surface area (Å²) in [6.45, 7) is 0.661. The van der Waals surface area contributed by atoms with Gasteiger partial charge in [-0.15, -0.1) is 0 Å². The number of hydrogen-bond acceptors (Lipinski definition) is 4. The van der Waals surface area contributed by atoms with Crippen LogP contribution in [0.1, 0.15) is 30.4 Å². The lowest BCUT2D eigenvalue weighted by Gasteiger charge is -2.42. The molecule has 0 spiro atoms. The van der Waals surface area contributed by atoms with Gasteiger partial charge in [-0.05, 0) is 49.7 Å². The highest BCUT2D eigenvalue weighted by atomic mass is 35.5. The third kappa shape index (κ3) is 3.54. The highest BCUT2D eigenvalue weighted by molar-refractivity contribution is 6.30. The van der Waals surface area contributed by atoms with E-state index in [9.17, 15) is 13.6 Å². The van der Waals surface area contributed by atoms with Crippen LogP contribution in [0, 0.1) is 11.6 Å². The number of H-pyrrole nitrogens is 1. The monoisotopic (exact) mass is 420 g/mol. The Morgan fingerprint density at radius 2 is 2.00 bits per heavy atom. The number of rotatable bonds is 4. The number of nitrogens with one attached hydrogen (secondary N) is 2. The van der Waals surface area contributed by atoms with E-state index in [0.717, 1.165) is 18.9 Å². The average Bonchev–Trinajstić information content (AvgIpc) is 3.15. The Morgan fingerprint density at radius 3 is 2.69 bits per heavy atom. The van der Waals surface area contributed by atoms with Crippen LogP contribution in [0.15, 0.2) is 36.5 Å². The molecule has 1 aliphatic rings. The molecule has 2 heterocycles. The second kappa shape index (κ2) is 7.61. The summed E-state index contributed by atoms with van der Waals surface area (Å²) in [5.41, 5.74) is 4.65. The summed E-state index contributed by atoms with van der Waals surface area (Å²) >= 11 is 6.11. The van der Waals surface area contributed by atoms with Crippen molar-refractivity contribution in [3.63, 3.8) is 0 Å². The van der Waals surface area contributed by atoms with Crippen LogP contribution >= 0.6 is 11.6 Å². The molecule has 9 heteroatoms. The van der Waals surface area contributed by atoms with Gasteiger partial charge in [-0.3, -0.25) is 5.10 Å². The molecule has 1 aromatic heterocycles. The molecular weight excluding hydrogens is 402 g/mol. The number of benzene rings is 2. The minimum atomic E-state index is -1.58. The number of fused-ring (bicyclic) bond motifs is 1. The van der Waals surface area contributed by atoms with Gasteiger partial charge < -0.3 is 15.8 Å². The molecule has 4 N–H and O–H groups in total. The molecule has 1 unspecified atom stereocenters. The Morgan fingerprint density at radius 1 is 1.21 bits per heavy atom. The van der Waals surface area contributed by atoms with Gasteiger partial charge in [-0.1, -0.05) is 18.0 Å². The molecule has 0 radical (unpaired) electrons. The molecule has 1 saturated heterocycles. The van der Waals surface area contributed by atoms with E-state index in [1.54, 1.807) is 6.07 Å². The van der Waals surface area contributed by atoms with E-state index in [1.807, 2.05) is 0 Å². The van der Waals surface area contributed by atoms with Crippen molar-refractivity contribution >= 4 is 28.6 Å². The molecule has 1 aliphatic heterocycles. The number of nitrogens with zero attached hydrogens (tertiary/aromatic N) is 1. The van der Waals surface area contributed by atoms with Crippen molar-refractivity contribution in [3.8, 4) is 0 Å². The lowest BCUT2D eigenvalue weighted by atomic mass is 9.76. The fourth-order valence-corrected chi connectivity index (χ4v) is 4.33. The summed E-state index contributed by atoms with van der Waals surface area (Å²) in [4.78, 5) is 12.0. The molecule has 1 amide bonds. The number of aromatic amines is 1. The lowest BCUT2D eigenvalue weighted by Crippen LogP contribution is -2.54. The molecule has 4 rings (SSSR count). The van der Waals surface area contributed by atoms with Crippen molar-refractivity contribution in [2.75, 3.05) is 6.54 Å². The smallest absolute Gasteiger partial charge is 0.405 e. The van der Waals surface area contributed by atoms with Crippen molar-refractivity contribution in [3.05, 3.63) is 64.3 Å². The Kier molecular flexibility index (Phi) is 5.14. The zero-order valence-electron chi connectivity index (χ0n) is 15.3. The summed E-state index contributed by atoms with van der Waals surface area (Å²) in [6, 6.07) is 6.31. The molecule has 0 aliphatic carbocycles. The second-order valence-corrected chi connectivity index (χ2v) is 7.55. The molecule has 1 fully saturated rings. The van der Waals surface area contributed by atoms with Crippen LogP contribution < -0.4 is 11.1 Å². The molecule has 2 aromatic carbocycles. The molecular formula is C20H19ClF2N4O2. The van der Waals surface area contributed by atoms with Crippen LogP contribution in [0.3, 0.4) is 0 Å². The van der Waals surface area contributed by atoms with Crippen LogP contribution in [0.5, 0.6) is 0 Å². The summed E-state index contributed by atoms with van der Waals surface area (Å²) in [5.74, 6) is -1.18. The highest BCUT2D eigenvalue weighted by Crippen LogP contribution is 2.42. The van der Waals surface area contributed by atoms with Gasteiger partial charge in [-0.25, -0.2) is 13.6 Å². The molecule has 0 bridgehead atoms.